The van der Waals surface area contributed by atoms with Gasteiger partial charge in [-0.25, -0.2) is 13.6 Å². The van der Waals surface area contributed by atoms with Crippen molar-refractivity contribution in [1.29, 1.82) is 0 Å². The number of halogens is 2. The highest BCUT2D eigenvalue weighted by molar-refractivity contribution is 5.91. The zero-order chi connectivity index (χ0) is 33.9. The molecule has 3 aromatic carbocycles. The van der Waals surface area contributed by atoms with E-state index in [2.05, 4.69) is 0 Å². The van der Waals surface area contributed by atoms with Gasteiger partial charge >= 0.3 is 11.9 Å². The first-order valence-electron chi connectivity index (χ1n) is 16.7. The van der Waals surface area contributed by atoms with Crippen molar-refractivity contribution in [2.24, 2.45) is 17.8 Å². The Labute approximate surface area is 280 Å². The summed E-state index contributed by atoms with van der Waals surface area (Å²) < 4.78 is 50.4. The lowest BCUT2D eigenvalue weighted by Crippen LogP contribution is -2.25. The number of carbonyl (C=O) groups excluding carboxylic acids is 3. The summed E-state index contributed by atoms with van der Waals surface area (Å²) in [6, 6.07) is 19.9. The van der Waals surface area contributed by atoms with Crippen molar-refractivity contribution >= 4 is 17.7 Å². The molecule has 1 saturated carbocycles. The Balaban J connectivity index is 1.24. The van der Waals surface area contributed by atoms with Crippen molar-refractivity contribution in [1.82, 2.24) is 0 Å². The average Bonchev–Trinajstić information content (AvgIpc) is 3.29. The number of ether oxygens (including phenoxy) is 4. The molecule has 0 aromatic heterocycles. The third-order valence-electron chi connectivity index (χ3n) is 9.03. The van der Waals surface area contributed by atoms with E-state index in [0.717, 1.165) is 61.4 Å². The summed E-state index contributed by atoms with van der Waals surface area (Å²) >= 11 is 0. The second-order valence-corrected chi connectivity index (χ2v) is 12.5. The first-order valence-corrected chi connectivity index (χ1v) is 16.7. The molecular weight excluding hydrogens is 618 g/mol. The van der Waals surface area contributed by atoms with Crippen molar-refractivity contribution in [3.8, 4) is 16.9 Å². The third kappa shape index (κ3) is 9.60. The molecule has 0 amide bonds. The molecule has 1 aliphatic heterocycles. The Bertz CT molecular complexity index is 1560. The van der Waals surface area contributed by atoms with E-state index in [1.807, 2.05) is 49.4 Å². The Morgan fingerprint density at radius 1 is 0.958 bits per heavy atom. The van der Waals surface area contributed by atoms with Crippen LogP contribution in [-0.2, 0) is 23.8 Å². The van der Waals surface area contributed by atoms with Crippen LogP contribution in [0.2, 0.25) is 0 Å². The quantitative estimate of drug-likeness (QED) is 0.128. The van der Waals surface area contributed by atoms with Crippen LogP contribution in [0.4, 0.5) is 8.78 Å². The van der Waals surface area contributed by atoms with E-state index >= 15 is 0 Å². The molecule has 48 heavy (non-hydrogen) atoms. The molecule has 9 heteroatoms. The van der Waals surface area contributed by atoms with E-state index in [1.54, 1.807) is 18.2 Å². The number of hydrogen-bond acceptors (Lipinski definition) is 7. The second-order valence-electron chi connectivity index (χ2n) is 12.5. The van der Waals surface area contributed by atoms with Gasteiger partial charge in [0.1, 0.15) is 11.9 Å². The lowest BCUT2D eigenvalue weighted by Gasteiger charge is -2.23. The standard InChI is InChI=1S/C39H42F2O7/c1-2-21-45-38(43)10-6-7-26-11-18-32-33(19-17-31(42)25-47-37-22-30(40)16-20-34(37)41)36(23-35(32)46-24-26)48-39(44)29-14-12-28(13-15-29)27-8-4-3-5-9-27/h3-5,8-9,12-17,19-20,22,26,32-33,35-36H,2,6-7,10-11,18,21,23-25H2,1H3/b19-17+/t26-,32+,33+,35-,36+/m0/s1. The Morgan fingerprint density at radius 3 is 2.50 bits per heavy atom. The van der Waals surface area contributed by atoms with Gasteiger partial charge in [-0.05, 0) is 85.4 Å². The van der Waals surface area contributed by atoms with E-state index in [0.29, 0.717) is 31.6 Å². The van der Waals surface area contributed by atoms with Gasteiger partial charge in [0, 0.05) is 31.4 Å². The fourth-order valence-corrected chi connectivity index (χ4v) is 6.51. The fraction of sp³-hybridized carbons (Fsp3) is 0.410. The minimum atomic E-state index is -0.765. The molecular formula is C39H42F2O7. The minimum Gasteiger partial charge on any atom is -0.482 e. The summed E-state index contributed by atoms with van der Waals surface area (Å²) in [6.07, 6.45) is 7.27. The van der Waals surface area contributed by atoms with Crippen LogP contribution in [0.15, 0.2) is 84.9 Å². The predicted molar refractivity (Wildman–Crippen MR) is 176 cm³/mol. The van der Waals surface area contributed by atoms with E-state index in [-0.39, 0.29) is 35.6 Å². The van der Waals surface area contributed by atoms with Crippen LogP contribution >= 0.6 is 0 Å². The molecule has 1 saturated heterocycles. The van der Waals surface area contributed by atoms with E-state index < -0.39 is 36.1 Å². The number of fused-ring (bicyclic) bond motifs is 1. The van der Waals surface area contributed by atoms with Crippen molar-refractivity contribution < 1.29 is 42.1 Å². The van der Waals surface area contributed by atoms with Crippen molar-refractivity contribution in [3.63, 3.8) is 0 Å². The fourth-order valence-electron chi connectivity index (χ4n) is 6.51. The molecule has 1 aliphatic carbocycles. The van der Waals surface area contributed by atoms with Gasteiger partial charge in [-0.3, -0.25) is 9.59 Å². The lowest BCUT2D eigenvalue weighted by atomic mass is 9.86. The normalized spacial score (nSPS) is 22.1. The summed E-state index contributed by atoms with van der Waals surface area (Å²) in [5, 5.41) is 0. The highest BCUT2D eigenvalue weighted by Gasteiger charge is 2.46. The van der Waals surface area contributed by atoms with Crippen LogP contribution in [0.25, 0.3) is 11.1 Å². The van der Waals surface area contributed by atoms with Crippen LogP contribution in [0.3, 0.4) is 0 Å². The number of esters is 2. The summed E-state index contributed by atoms with van der Waals surface area (Å²) in [5.74, 6) is -2.89. The molecule has 3 aromatic rings. The maximum absolute atomic E-state index is 14.0. The summed E-state index contributed by atoms with van der Waals surface area (Å²) in [5.41, 5.74) is 2.44. The van der Waals surface area contributed by atoms with E-state index in [1.165, 1.54) is 6.08 Å². The molecule has 1 heterocycles. The van der Waals surface area contributed by atoms with E-state index in [9.17, 15) is 23.2 Å². The topological polar surface area (TPSA) is 88.1 Å². The first-order chi connectivity index (χ1) is 23.3. The van der Waals surface area contributed by atoms with Gasteiger partial charge in [0.25, 0.3) is 0 Å². The van der Waals surface area contributed by atoms with Crippen molar-refractivity contribution in [2.45, 2.75) is 64.1 Å². The number of rotatable bonds is 14. The molecule has 254 valence electrons. The molecule has 5 rings (SSSR count). The highest BCUT2D eigenvalue weighted by Crippen LogP contribution is 2.43. The van der Waals surface area contributed by atoms with Gasteiger partial charge in [0.05, 0.1) is 18.3 Å². The van der Waals surface area contributed by atoms with Gasteiger partial charge in [0.2, 0.25) is 0 Å². The predicted octanol–water partition coefficient (Wildman–Crippen LogP) is 7.92. The van der Waals surface area contributed by atoms with Crippen LogP contribution in [0, 0.1) is 29.4 Å². The number of benzene rings is 3. The lowest BCUT2D eigenvalue weighted by molar-refractivity contribution is -0.143. The number of hydrogen-bond donors (Lipinski definition) is 0. The van der Waals surface area contributed by atoms with Crippen LogP contribution in [0.1, 0.15) is 62.2 Å². The SMILES string of the molecule is CCCOC(=O)CCC[C@H]1CC[C@@H]2[C@@H](/C=C/C(=O)COc3cc(F)ccc3F)[C@H](OC(=O)c3ccc(-c4ccccc4)cc3)C[C@@H]2OC1. The summed E-state index contributed by atoms with van der Waals surface area (Å²) in [4.78, 5) is 38.1. The van der Waals surface area contributed by atoms with Gasteiger partial charge < -0.3 is 18.9 Å². The van der Waals surface area contributed by atoms with Gasteiger partial charge in [-0.2, -0.15) is 0 Å². The van der Waals surface area contributed by atoms with Gasteiger partial charge in [-0.15, -0.1) is 0 Å². The molecule has 2 aliphatic rings. The van der Waals surface area contributed by atoms with Crippen molar-refractivity contribution in [3.05, 3.63) is 102 Å². The molecule has 0 N–H and O–H groups in total. The molecule has 0 unspecified atom stereocenters. The third-order valence-corrected chi connectivity index (χ3v) is 9.03. The smallest absolute Gasteiger partial charge is 0.338 e. The first kappa shape index (κ1) is 35.0. The molecule has 2 fully saturated rings. The summed E-state index contributed by atoms with van der Waals surface area (Å²) in [7, 11) is 0. The minimum absolute atomic E-state index is 0.00610. The number of carbonyl (C=O) groups is 3. The maximum atomic E-state index is 14.0. The van der Waals surface area contributed by atoms with Crippen LogP contribution in [-0.4, -0.2) is 49.8 Å². The van der Waals surface area contributed by atoms with Crippen molar-refractivity contribution in [2.75, 3.05) is 19.8 Å². The summed E-state index contributed by atoms with van der Waals surface area (Å²) in [6.45, 7) is 2.46. The molecule has 0 radical (unpaired) electrons. The van der Waals surface area contributed by atoms with Crippen LogP contribution < -0.4 is 4.74 Å². The Hall–Kier alpha value is -4.37. The monoisotopic (exact) mass is 660 g/mol. The van der Waals surface area contributed by atoms with E-state index in [4.69, 9.17) is 18.9 Å². The number of ketones is 1. The zero-order valence-corrected chi connectivity index (χ0v) is 27.2. The Morgan fingerprint density at radius 2 is 1.73 bits per heavy atom. The molecule has 0 spiro atoms. The highest BCUT2D eigenvalue weighted by atomic mass is 19.1. The average molecular weight is 661 g/mol. The molecule has 5 atom stereocenters. The maximum Gasteiger partial charge on any atom is 0.338 e. The molecule has 0 bridgehead atoms. The largest absolute Gasteiger partial charge is 0.482 e. The van der Waals surface area contributed by atoms with Gasteiger partial charge in [0.15, 0.2) is 24.0 Å². The molecule has 7 nitrogen and oxygen atoms in total. The Kier molecular flexibility index (Phi) is 12.5. The van der Waals surface area contributed by atoms with Gasteiger partial charge in [-0.1, -0.05) is 55.5 Å². The second kappa shape index (κ2) is 17.2. The zero-order valence-electron chi connectivity index (χ0n) is 27.2. The van der Waals surface area contributed by atoms with Crippen LogP contribution in [0.5, 0.6) is 5.75 Å².